The third-order valence-corrected chi connectivity index (χ3v) is 5.04. The summed E-state index contributed by atoms with van der Waals surface area (Å²) in [6, 6.07) is 4.20. The third-order valence-electron chi connectivity index (χ3n) is 5.04. The first kappa shape index (κ1) is 17.3. The van der Waals surface area contributed by atoms with Crippen LogP contribution in [0.15, 0.2) is 24.5 Å². The Morgan fingerprint density at radius 2 is 1.28 bits per heavy atom. The van der Waals surface area contributed by atoms with Crippen LogP contribution in [0.2, 0.25) is 0 Å². The summed E-state index contributed by atoms with van der Waals surface area (Å²) in [7, 11) is 0. The lowest BCUT2D eigenvalue weighted by Gasteiger charge is -2.49. The Labute approximate surface area is 150 Å². The number of rotatable bonds is 2. The number of nitrogens with zero attached hydrogens (tertiary/aromatic N) is 6. The first-order chi connectivity index (χ1) is 12.3. The van der Waals surface area contributed by atoms with Gasteiger partial charge in [0.2, 0.25) is 0 Å². The zero-order valence-electron chi connectivity index (χ0n) is 15.0. The molecule has 0 unspecified atom stereocenters. The van der Waals surface area contributed by atoms with Gasteiger partial charge in [-0.05, 0) is 17.7 Å². The van der Waals surface area contributed by atoms with Crippen LogP contribution in [0.3, 0.4) is 0 Å². The van der Waals surface area contributed by atoms with E-state index in [2.05, 4.69) is 52.2 Å². The van der Waals surface area contributed by atoms with E-state index in [9.17, 15) is 0 Å². The highest BCUT2D eigenvalue weighted by Gasteiger charge is 2.29. The lowest BCUT2D eigenvalue weighted by molar-refractivity contribution is -0.119. The molecule has 8 nitrogen and oxygen atoms in total. The van der Waals surface area contributed by atoms with Gasteiger partial charge >= 0.3 is 0 Å². The van der Waals surface area contributed by atoms with E-state index in [1.807, 2.05) is 12.4 Å². The highest BCUT2D eigenvalue weighted by atomic mass is 15.6. The molecular weight excluding hydrogens is 316 g/mol. The van der Waals surface area contributed by atoms with Crippen molar-refractivity contribution >= 4 is 0 Å². The predicted octanol–water partition coefficient (Wildman–Crippen LogP) is -0.986. The van der Waals surface area contributed by atoms with Gasteiger partial charge in [0.1, 0.15) is 0 Å². The standard InChI is InChI=1S/C17H30N8/c1-3-18-4-2-17(1)9-23-10-19-5-7-21-12-24-14-22(8-6-20-11-23)15-25(13-21)16-24/h1-4,19-20H,5-16H2. The molecule has 138 valence electrons. The average molecular weight is 346 g/mol. The molecule has 4 saturated heterocycles. The normalized spacial score (nSPS) is 34.7. The molecule has 5 heterocycles. The zero-order chi connectivity index (χ0) is 16.9. The van der Waals surface area contributed by atoms with Gasteiger partial charge in [0.15, 0.2) is 0 Å². The van der Waals surface area contributed by atoms with Gasteiger partial charge in [-0.15, -0.1) is 0 Å². The molecule has 4 aliphatic heterocycles. The Hall–Kier alpha value is -1.13. The number of pyridine rings is 1. The van der Waals surface area contributed by atoms with E-state index in [1.165, 1.54) is 5.56 Å². The van der Waals surface area contributed by atoms with E-state index in [1.54, 1.807) is 0 Å². The summed E-state index contributed by atoms with van der Waals surface area (Å²) in [6.45, 7) is 12.5. The Balaban J connectivity index is 1.35. The van der Waals surface area contributed by atoms with Gasteiger partial charge in [-0.25, -0.2) is 0 Å². The molecule has 0 atom stereocenters. The van der Waals surface area contributed by atoms with Gasteiger partial charge < -0.3 is 10.6 Å². The largest absolute Gasteiger partial charge is 0.303 e. The van der Waals surface area contributed by atoms with Crippen LogP contribution >= 0.6 is 0 Å². The fraction of sp³-hybridized carbons (Fsp3) is 0.706. The molecule has 1 aromatic heterocycles. The summed E-state index contributed by atoms with van der Waals surface area (Å²) in [5.74, 6) is 0. The van der Waals surface area contributed by atoms with E-state index in [4.69, 9.17) is 0 Å². The van der Waals surface area contributed by atoms with Crippen molar-refractivity contribution in [3.63, 3.8) is 0 Å². The van der Waals surface area contributed by atoms with Crippen molar-refractivity contribution in [3.8, 4) is 0 Å². The van der Waals surface area contributed by atoms with Crippen molar-refractivity contribution in [3.05, 3.63) is 30.1 Å². The van der Waals surface area contributed by atoms with E-state index in [-0.39, 0.29) is 0 Å². The molecule has 0 aliphatic carbocycles. The molecule has 4 aliphatic rings. The summed E-state index contributed by atoms with van der Waals surface area (Å²) in [5, 5.41) is 7.24. The van der Waals surface area contributed by atoms with Gasteiger partial charge in [-0.2, -0.15) is 0 Å². The second-order valence-electron chi connectivity index (χ2n) is 7.34. The average Bonchev–Trinajstić information content (AvgIpc) is 2.62. The summed E-state index contributed by atoms with van der Waals surface area (Å²) >= 11 is 0. The first-order valence-corrected chi connectivity index (χ1v) is 9.27. The minimum atomic E-state index is 0.903. The highest BCUT2D eigenvalue weighted by molar-refractivity contribution is 5.09. The molecule has 0 aromatic carbocycles. The number of hydrogen-bond donors (Lipinski definition) is 2. The Morgan fingerprint density at radius 3 is 1.84 bits per heavy atom. The molecule has 5 rings (SSSR count). The van der Waals surface area contributed by atoms with Crippen LogP contribution in [-0.2, 0) is 6.54 Å². The van der Waals surface area contributed by atoms with Crippen LogP contribution in [0.5, 0.6) is 0 Å². The maximum Gasteiger partial charge on any atom is 0.0555 e. The van der Waals surface area contributed by atoms with Crippen LogP contribution in [0, 0.1) is 0 Å². The van der Waals surface area contributed by atoms with E-state index < -0.39 is 0 Å². The molecule has 2 N–H and O–H groups in total. The molecule has 1 aromatic rings. The molecule has 4 fully saturated rings. The first-order valence-electron chi connectivity index (χ1n) is 9.27. The van der Waals surface area contributed by atoms with Crippen LogP contribution in [0.1, 0.15) is 5.56 Å². The van der Waals surface area contributed by atoms with Crippen LogP contribution in [0.25, 0.3) is 0 Å². The molecule has 4 bridgehead atoms. The van der Waals surface area contributed by atoms with Gasteiger partial charge in [0.25, 0.3) is 0 Å². The number of fused-ring (bicyclic) bond motifs is 8. The molecule has 25 heavy (non-hydrogen) atoms. The minimum Gasteiger partial charge on any atom is -0.303 e. The lowest BCUT2D eigenvalue weighted by Crippen LogP contribution is -2.65. The summed E-state index contributed by atoms with van der Waals surface area (Å²) < 4.78 is 0. The van der Waals surface area contributed by atoms with Crippen molar-refractivity contribution in [2.45, 2.75) is 6.54 Å². The lowest BCUT2D eigenvalue weighted by atomic mass is 10.2. The maximum absolute atomic E-state index is 4.11. The summed E-state index contributed by atoms with van der Waals surface area (Å²) in [6.07, 6.45) is 3.75. The fourth-order valence-electron chi connectivity index (χ4n) is 3.92. The molecule has 0 amide bonds. The van der Waals surface area contributed by atoms with E-state index in [0.717, 1.165) is 79.4 Å². The summed E-state index contributed by atoms with van der Waals surface area (Å²) in [4.78, 5) is 16.7. The second-order valence-corrected chi connectivity index (χ2v) is 7.34. The van der Waals surface area contributed by atoms with Crippen LogP contribution in [-0.4, -0.2) is 102 Å². The van der Waals surface area contributed by atoms with E-state index in [0.29, 0.717) is 0 Å². The van der Waals surface area contributed by atoms with Crippen LogP contribution < -0.4 is 10.6 Å². The number of nitrogens with one attached hydrogen (secondary N) is 2. The fourth-order valence-corrected chi connectivity index (χ4v) is 3.92. The van der Waals surface area contributed by atoms with Crippen molar-refractivity contribution in [1.29, 1.82) is 0 Å². The molecule has 0 spiro atoms. The van der Waals surface area contributed by atoms with Crippen molar-refractivity contribution < 1.29 is 0 Å². The maximum atomic E-state index is 4.11. The number of aromatic nitrogens is 1. The Bertz CT molecular complexity index is 489. The zero-order valence-corrected chi connectivity index (χ0v) is 15.0. The minimum absolute atomic E-state index is 0.903. The third kappa shape index (κ3) is 4.95. The highest BCUT2D eigenvalue weighted by Crippen LogP contribution is 2.14. The second kappa shape index (κ2) is 8.50. The smallest absolute Gasteiger partial charge is 0.0555 e. The Kier molecular flexibility index (Phi) is 5.88. The molecular formula is C17H30N8. The van der Waals surface area contributed by atoms with Crippen molar-refractivity contribution in [2.75, 3.05) is 72.9 Å². The number of hydrogen-bond acceptors (Lipinski definition) is 8. The van der Waals surface area contributed by atoms with Gasteiger partial charge in [-0.3, -0.25) is 29.5 Å². The van der Waals surface area contributed by atoms with Crippen LogP contribution in [0.4, 0.5) is 0 Å². The van der Waals surface area contributed by atoms with Gasteiger partial charge in [-0.1, -0.05) is 0 Å². The van der Waals surface area contributed by atoms with Crippen molar-refractivity contribution in [2.24, 2.45) is 0 Å². The Morgan fingerprint density at radius 1 is 0.760 bits per heavy atom. The van der Waals surface area contributed by atoms with Crippen molar-refractivity contribution in [1.82, 2.24) is 40.1 Å². The molecule has 0 saturated carbocycles. The summed E-state index contributed by atoms with van der Waals surface area (Å²) in [5.41, 5.74) is 1.31. The van der Waals surface area contributed by atoms with E-state index >= 15 is 0 Å². The predicted molar refractivity (Wildman–Crippen MR) is 96.9 cm³/mol. The molecule has 0 radical (unpaired) electrons. The van der Waals surface area contributed by atoms with Gasteiger partial charge in [0.05, 0.1) is 33.3 Å². The molecule has 8 heteroatoms. The monoisotopic (exact) mass is 346 g/mol. The SMILES string of the molecule is c1cc(CN2CNCCN3CN4CN(CCNC2)CN(C3)C4)ccn1. The quantitative estimate of drug-likeness (QED) is 0.708. The topological polar surface area (TPSA) is 53.2 Å². The van der Waals surface area contributed by atoms with Gasteiger partial charge in [0, 0.05) is 58.5 Å².